The molecule has 1 aliphatic carbocycles. The van der Waals surface area contributed by atoms with Gasteiger partial charge in [-0.15, -0.1) is 11.3 Å². The van der Waals surface area contributed by atoms with E-state index in [0.717, 1.165) is 40.6 Å². The lowest BCUT2D eigenvalue weighted by Gasteiger charge is -2.21. The van der Waals surface area contributed by atoms with Crippen LogP contribution < -0.4 is 15.6 Å². The zero-order valence-electron chi connectivity index (χ0n) is 23.9. The van der Waals surface area contributed by atoms with E-state index >= 15 is 0 Å². The van der Waals surface area contributed by atoms with Crippen molar-refractivity contribution in [1.29, 1.82) is 0 Å². The fourth-order valence-corrected chi connectivity index (χ4v) is 7.44. The third-order valence-electron chi connectivity index (χ3n) is 7.52. The molecule has 2 heterocycles. The molecule has 0 saturated carbocycles. The van der Waals surface area contributed by atoms with Crippen LogP contribution in [0, 0.1) is 5.92 Å². The normalized spacial score (nSPS) is 15.2. The van der Waals surface area contributed by atoms with Gasteiger partial charge in [0.15, 0.2) is 5.16 Å². The highest BCUT2D eigenvalue weighted by Gasteiger charge is 2.25. The van der Waals surface area contributed by atoms with E-state index in [2.05, 4.69) is 45.1 Å². The molecule has 0 bridgehead atoms. The topological polar surface area (TPSA) is 73.2 Å². The summed E-state index contributed by atoms with van der Waals surface area (Å²) in [5, 5.41) is 4.38. The molecule has 0 aliphatic heterocycles. The zero-order chi connectivity index (χ0) is 28.4. The van der Waals surface area contributed by atoms with Crippen molar-refractivity contribution in [2.45, 2.75) is 70.5 Å². The Morgan fingerprint density at radius 2 is 1.98 bits per heavy atom. The van der Waals surface area contributed by atoms with Crippen LogP contribution in [0.1, 0.15) is 55.7 Å². The zero-order valence-corrected chi connectivity index (χ0v) is 25.5. The number of carbonyl (C=O) groups is 1. The summed E-state index contributed by atoms with van der Waals surface area (Å²) in [6.45, 7) is 9.19. The molecule has 1 aliphatic rings. The maximum Gasteiger partial charge on any atom is 0.263 e. The molecule has 0 radical (unpaired) electrons. The van der Waals surface area contributed by atoms with Gasteiger partial charge in [0, 0.05) is 11.4 Å². The number of ether oxygens (including phenoxy) is 1. The Kier molecular flexibility index (Phi) is 8.38. The molecular weight excluding hydrogens is 539 g/mol. The Hall–Kier alpha value is -3.10. The molecular formula is C32H37N3O3S2. The van der Waals surface area contributed by atoms with Crippen LogP contribution in [0.15, 0.2) is 58.5 Å². The fraction of sp³-hybridized carbons (Fsp3) is 0.406. The standard InChI is InChI=1S/C32H37N3O3S2/c1-20-11-13-23-26(17-20)40-29-28(23)30(37)35(16-15-21-9-7-6-8-10-21)31(34-29)39-19-27(36)33-24-18-22(32(2,3)4)12-14-25(24)38-5/h6-10,12,14,18,20H,11,13,15-17,19H2,1-5H3,(H,33,36)/t20-/m0/s1. The van der Waals surface area contributed by atoms with Gasteiger partial charge in [-0.05, 0) is 65.8 Å². The van der Waals surface area contributed by atoms with E-state index in [9.17, 15) is 9.59 Å². The van der Waals surface area contributed by atoms with Gasteiger partial charge in [-0.25, -0.2) is 4.98 Å². The molecule has 6 nitrogen and oxygen atoms in total. The van der Waals surface area contributed by atoms with Crippen LogP contribution in [0.2, 0.25) is 0 Å². The molecule has 0 spiro atoms. The second-order valence-corrected chi connectivity index (χ2v) is 13.6. The lowest BCUT2D eigenvalue weighted by Crippen LogP contribution is -2.26. The summed E-state index contributed by atoms with van der Waals surface area (Å²) < 4.78 is 7.28. The van der Waals surface area contributed by atoms with Gasteiger partial charge in [-0.3, -0.25) is 14.2 Å². The highest BCUT2D eigenvalue weighted by molar-refractivity contribution is 7.99. The monoisotopic (exact) mass is 575 g/mol. The Morgan fingerprint density at radius 3 is 2.70 bits per heavy atom. The first-order valence-corrected chi connectivity index (χ1v) is 15.6. The summed E-state index contributed by atoms with van der Waals surface area (Å²) in [4.78, 5) is 34.1. The van der Waals surface area contributed by atoms with Crippen LogP contribution in [-0.4, -0.2) is 28.3 Å². The smallest absolute Gasteiger partial charge is 0.263 e. The molecule has 1 atom stereocenters. The number of nitrogens with zero attached hydrogens (tertiary/aromatic N) is 2. The molecule has 1 amide bonds. The number of methoxy groups -OCH3 is 1. The number of carbonyl (C=O) groups excluding carboxylic acids is 1. The molecule has 0 saturated heterocycles. The van der Waals surface area contributed by atoms with E-state index < -0.39 is 0 Å². The van der Waals surface area contributed by atoms with Gasteiger partial charge in [0.05, 0.1) is 23.9 Å². The van der Waals surface area contributed by atoms with Gasteiger partial charge in [0.25, 0.3) is 5.56 Å². The Morgan fingerprint density at radius 1 is 1.20 bits per heavy atom. The SMILES string of the molecule is COc1ccc(C(C)(C)C)cc1NC(=O)CSc1nc2sc3c(c2c(=O)n1CCc1ccccc1)CC[C@H](C)C3. The summed E-state index contributed by atoms with van der Waals surface area (Å²) >= 11 is 2.96. The molecule has 0 fully saturated rings. The second kappa shape index (κ2) is 11.8. The summed E-state index contributed by atoms with van der Waals surface area (Å²) in [5.41, 5.74) is 4.04. The van der Waals surface area contributed by atoms with Crippen molar-refractivity contribution in [1.82, 2.24) is 9.55 Å². The highest BCUT2D eigenvalue weighted by atomic mass is 32.2. The average molecular weight is 576 g/mol. The second-order valence-electron chi connectivity index (χ2n) is 11.6. The number of nitrogens with one attached hydrogen (secondary N) is 1. The minimum absolute atomic E-state index is 0.00967. The lowest BCUT2D eigenvalue weighted by atomic mass is 9.87. The van der Waals surface area contributed by atoms with Gasteiger partial charge >= 0.3 is 0 Å². The molecule has 5 rings (SSSR count). The van der Waals surface area contributed by atoms with Crippen molar-refractivity contribution >= 4 is 44.9 Å². The van der Waals surface area contributed by atoms with E-state index in [1.807, 2.05) is 36.4 Å². The first-order chi connectivity index (χ1) is 19.1. The molecule has 40 heavy (non-hydrogen) atoms. The largest absolute Gasteiger partial charge is 0.495 e. The van der Waals surface area contributed by atoms with Crippen LogP contribution in [-0.2, 0) is 36.0 Å². The van der Waals surface area contributed by atoms with Crippen molar-refractivity contribution in [2.75, 3.05) is 18.2 Å². The molecule has 2 aromatic heterocycles. The number of fused-ring (bicyclic) bond motifs is 3. The molecule has 1 N–H and O–H groups in total. The number of hydrogen-bond acceptors (Lipinski definition) is 6. The first kappa shape index (κ1) is 28.4. The predicted octanol–water partition coefficient (Wildman–Crippen LogP) is 6.86. The van der Waals surface area contributed by atoms with Crippen molar-refractivity contribution < 1.29 is 9.53 Å². The summed E-state index contributed by atoms with van der Waals surface area (Å²) in [5.74, 6) is 1.20. The minimum atomic E-state index is -0.169. The van der Waals surface area contributed by atoms with Crippen molar-refractivity contribution in [3.8, 4) is 5.75 Å². The van der Waals surface area contributed by atoms with Crippen LogP contribution in [0.4, 0.5) is 5.69 Å². The number of amides is 1. The fourth-order valence-electron chi connectivity index (χ4n) is 5.19. The highest BCUT2D eigenvalue weighted by Crippen LogP contribution is 2.37. The first-order valence-electron chi connectivity index (χ1n) is 13.8. The van der Waals surface area contributed by atoms with Gasteiger partial charge in [-0.1, -0.05) is 75.9 Å². The number of anilines is 1. The molecule has 0 unspecified atom stereocenters. The number of thiophene rings is 1. The third kappa shape index (κ3) is 6.13. The quantitative estimate of drug-likeness (QED) is 0.184. The van der Waals surface area contributed by atoms with E-state index in [0.29, 0.717) is 35.5 Å². The average Bonchev–Trinajstić information content (AvgIpc) is 3.29. The molecule has 210 valence electrons. The van der Waals surface area contributed by atoms with Crippen LogP contribution in [0.3, 0.4) is 0 Å². The van der Waals surface area contributed by atoms with Gasteiger partial charge in [0.2, 0.25) is 5.91 Å². The van der Waals surface area contributed by atoms with E-state index in [1.165, 1.54) is 22.2 Å². The Balaban J connectivity index is 1.43. The lowest BCUT2D eigenvalue weighted by molar-refractivity contribution is -0.113. The van der Waals surface area contributed by atoms with Gasteiger partial charge < -0.3 is 10.1 Å². The van der Waals surface area contributed by atoms with Crippen molar-refractivity contribution in [3.63, 3.8) is 0 Å². The van der Waals surface area contributed by atoms with E-state index in [-0.39, 0.29) is 22.6 Å². The molecule has 4 aromatic rings. The van der Waals surface area contributed by atoms with Crippen LogP contribution in [0.25, 0.3) is 10.2 Å². The molecule has 8 heteroatoms. The third-order valence-corrected chi connectivity index (χ3v) is 9.64. The summed E-state index contributed by atoms with van der Waals surface area (Å²) in [6, 6.07) is 16.0. The Bertz CT molecular complexity index is 1590. The number of rotatable bonds is 8. The number of aromatic nitrogens is 2. The number of aryl methyl sites for hydroxylation is 2. The van der Waals surface area contributed by atoms with E-state index in [4.69, 9.17) is 9.72 Å². The van der Waals surface area contributed by atoms with Crippen LogP contribution >= 0.6 is 23.1 Å². The van der Waals surface area contributed by atoms with Gasteiger partial charge in [-0.2, -0.15) is 0 Å². The summed E-state index contributed by atoms with van der Waals surface area (Å²) in [6.07, 6.45) is 3.74. The van der Waals surface area contributed by atoms with Crippen molar-refractivity contribution in [2.24, 2.45) is 5.92 Å². The maximum atomic E-state index is 13.9. The van der Waals surface area contributed by atoms with Gasteiger partial charge in [0.1, 0.15) is 10.6 Å². The number of thioether (sulfide) groups is 1. The van der Waals surface area contributed by atoms with E-state index in [1.54, 1.807) is 23.0 Å². The molecule has 2 aromatic carbocycles. The summed E-state index contributed by atoms with van der Waals surface area (Å²) in [7, 11) is 1.60. The Labute approximate surface area is 244 Å². The van der Waals surface area contributed by atoms with Crippen molar-refractivity contribution in [3.05, 3.63) is 80.5 Å². The number of hydrogen-bond donors (Lipinski definition) is 1. The maximum absolute atomic E-state index is 13.9. The number of benzene rings is 2. The predicted molar refractivity (Wildman–Crippen MR) is 166 cm³/mol. The van der Waals surface area contributed by atoms with Crippen LogP contribution in [0.5, 0.6) is 5.75 Å². The minimum Gasteiger partial charge on any atom is -0.495 e.